The van der Waals surface area contributed by atoms with E-state index >= 15 is 0 Å². The van der Waals surface area contributed by atoms with Gasteiger partial charge in [0, 0.05) is 18.7 Å². The van der Waals surface area contributed by atoms with E-state index in [9.17, 15) is 18.0 Å². The highest BCUT2D eigenvalue weighted by atomic mass is 32.2. The van der Waals surface area contributed by atoms with E-state index in [0.29, 0.717) is 36.9 Å². The molecule has 11 heteroatoms. The van der Waals surface area contributed by atoms with Crippen molar-refractivity contribution in [2.45, 2.75) is 45.8 Å². The third kappa shape index (κ3) is 7.28. The Balaban J connectivity index is 1.96. The molecule has 1 aliphatic rings. The van der Waals surface area contributed by atoms with E-state index in [1.54, 1.807) is 37.4 Å². The minimum atomic E-state index is -3.86. The maximum Gasteiger partial charge on any atom is 0.244 e. The normalized spacial score (nSPS) is 13.6. The Kier molecular flexibility index (Phi) is 9.25. The van der Waals surface area contributed by atoms with Gasteiger partial charge in [-0.3, -0.25) is 13.9 Å². The summed E-state index contributed by atoms with van der Waals surface area (Å²) in [5.74, 6) is 0.693. The maximum atomic E-state index is 13.8. The molecule has 1 aliphatic heterocycles. The molecule has 0 saturated carbocycles. The first-order valence-corrected chi connectivity index (χ1v) is 14.0. The minimum absolute atomic E-state index is 0.0960. The maximum absolute atomic E-state index is 13.8. The van der Waals surface area contributed by atoms with Gasteiger partial charge in [-0.1, -0.05) is 19.1 Å². The van der Waals surface area contributed by atoms with Crippen LogP contribution in [-0.4, -0.2) is 70.3 Å². The first kappa shape index (κ1) is 28.1. The van der Waals surface area contributed by atoms with Crippen LogP contribution in [0.5, 0.6) is 17.2 Å². The second-order valence-corrected chi connectivity index (χ2v) is 11.0. The number of hydrogen-bond donors (Lipinski definition) is 1. The summed E-state index contributed by atoms with van der Waals surface area (Å²) in [4.78, 5) is 28.2. The van der Waals surface area contributed by atoms with Gasteiger partial charge in [-0.15, -0.1) is 0 Å². The molecule has 1 atom stereocenters. The summed E-state index contributed by atoms with van der Waals surface area (Å²) in [6.45, 7) is 5.83. The number of sulfonamides is 1. The monoisotopic (exact) mass is 533 g/mol. The average molecular weight is 534 g/mol. The molecule has 1 N–H and O–H groups in total. The Morgan fingerprint density at radius 1 is 1.08 bits per heavy atom. The molecule has 1 heterocycles. The van der Waals surface area contributed by atoms with Crippen LogP contribution in [0, 0.1) is 0 Å². The van der Waals surface area contributed by atoms with Crippen LogP contribution >= 0.6 is 0 Å². The summed E-state index contributed by atoms with van der Waals surface area (Å²) < 4.78 is 43.1. The van der Waals surface area contributed by atoms with Crippen LogP contribution in [0.1, 0.15) is 32.8 Å². The molecule has 0 spiro atoms. The lowest BCUT2D eigenvalue weighted by Crippen LogP contribution is -2.53. The van der Waals surface area contributed by atoms with E-state index < -0.39 is 28.5 Å². The van der Waals surface area contributed by atoms with Crippen LogP contribution in [0.4, 0.5) is 5.69 Å². The molecule has 37 heavy (non-hydrogen) atoms. The van der Waals surface area contributed by atoms with E-state index in [2.05, 4.69) is 5.32 Å². The molecular weight excluding hydrogens is 498 g/mol. The second-order valence-electron chi connectivity index (χ2n) is 9.06. The molecule has 0 radical (unpaired) electrons. The van der Waals surface area contributed by atoms with Crippen LogP contribution in [0.2, 0.25) is 0 Å². The van der Waals surface area contributed by atoms with Gasteiger partial charge in [-0.05, 0) is 50.1 Å². The third-order valence-electron chi connectivity index (χ3n) is 5.80. The van der Waals surface area contributed by atoms with Gasteiger partial charge in [0.1, 0.15) is 31.5 Å². The number of amides is 2. The molecular formula is C26H35N3O7S. The van der Waals surface area contributed by atoms with Crippen LogP contribution in [-0.2, 0) is 26.2 Å². The van der Waals surface area contributed by atoms with Crippen molar-refractivity contribution < 1.29 is 32.2 Å². The Morgan fingerprint density at radius 2 is 1.78 bits per heavy atom. The predicted octanol–water partition coefficient (Wildman–Crippen LogP) is 2.56. The Bertz CT molecular complexity index is 1220. The predicted molar refractivity (Wildman–Crippen MR) is 141 cm³/mol. The molecule has 0 saturated heterocycles. The number of hydrogen-bond acceptors (Lipinski definition) is 7. The van der Waals surface area contributed by atoms with Crippen molar-refractivity contribution in [3.05, 3.63) is 48.0 Å². The summed E-state index contributed by atoms with van der Waals surface area (Å²) in [6, 6.07) is 11.0. The van der Waals surface area contributed by atoms with Gasteiger partial charge in [-0.2, -0.15) is 0 Å². The van der Waals surface area contributed by atoms with Crippen LogP contribution < -0.4 is 23.8 Å². The lowest BCUT2D eigenvalue weighted by molar-refractivity contribution is -0.140. The van der Waals surface area contributed by atoms with E-state index in [1.807, 2.05) is 26.8 Å². The molecule has 202 valence electrons. The number of rotatable bonds is 11. The summed E-state index contributed by atoms with van der Waals surface area (Å²) >= 11 is 0. The summed E-state index contributed by atoms with van der Waals surface area (Å²) in [6.07, 6.45) is 1.38. The number of nitrogens with zero attached hydrogens (tertiary/aromatic N) is 2. The SMILES string of the molecule is CCC(C(=O)NC(C)C)N(Cc1cccc(OC)c1)C(=O)CN(c1ccc2c(c1)OCCO2)S(C)(=O)=O. The summed E-state index contributed by atoms with van der Waals surface area (Å²) in [7, 11) is -2.31. The lowest BCUT2D eigenvalue weighted by Gasteiger charge is -2.33. The van der Waals surface area contributed by atoms with Crippen molar-refractivity contribution >= 4 is 27.5 Å². The fourth-order valence-electron chi connectivity index (χ4n) is 4.07. The number of carbonyl (C=O) groups excluding carboxylic acids is 2. The Hall–Kier alpha value is -3.47. The number of methoxy groups -OCH3 is 1. The van der Waals surface area contributed by atoms with Crippen molar-refractivity contribution in [2.24, 2.45) is 0 Å². The van der Waals surface area contributed by atoms with Gasteiger partial charge in [-0.25, -0.2) is 8.42 Å². The van der Waals surface area contributed by atoms with Crippen molar-refractivity contribution in [2.75, 3.05) is 37.4 Å². The standard InChI is InChI=1S/C26H35N3O7S/c1-6-22(26(31)27-18(2)3)28(16-19-8-7-9-21(14-19)34-4)25(30)17-29(37(5,32)33)20-10-11-23-24(15-20)36-13-12-35-23/h7-11,14-15,18,22H,6,12-13,16-17H2,1-5H3,(H,27,31). The molecule has 0 aromatic heterocycles. The smallest absolute Gasteiger partial charge is 0.244 e. The fourth-order valence-corrected chi connectivity index (χ4v) is 4.91. The highest BCUT2D eigenvalue weighted by Crippen LogP contribution is 2.34. The molecule has 1 unspecified atom stereocenters. The first-order chi connectivity index (χ1) is 17.5. The molecule has 0 aliphatic carbocycles. The van der Waals surface area contributed by atoms with Crippen molar-refractivity contribution in [1.82, 2.24) is 10.2 Å². The van der Waals surface area contributed by atoms with E-state index in [-0.39, 0.29) is 24.2 Å². The Labute approximate surface area is 218 Å². The van der Waals surface area contributed by atoms with E-state index in [0.717, 1.165) is 16.1 Å². The van der Waals surface area contributed by atoms with Gasteiger partial charge >= 0.3 is 0 Å². The summed E-state index contributed by atoms with van der Waals surface area (Å²) in [5.41, 5.74) is 1.01. The average Bonchev–Trinajstić information content (AvgIpc) is 2.85. The molecule has 0 bridgehead atoms. The molecule has 2 amide bonds. The first-order valence-electron chi connectivity index (χ1n) is 12.1. The van der Waals surface area contributed by atoms with E-state index in [4.69, 9.17) is 14.2 Å². The zero-order chi connectivity index (χ0) is 27.2. The topological polar surface area (TPSA) is 114 Å². The molecule has 2 aromatic carbocycles. The summed E-state index contributed by atoms with van der Waals surface area (Å²) in [5, 5.41) is 2.87. The molecule has 3 rings (SSSR count). The van der Waals surface area contributed by atoms with Crippen molar-refractivity contribution in [1.29, 1.82) is 0 Å². The zero-order valence-corrected chi connectivity index (χ0v) is 22.7. The number of anilines is 1. The van der Waals surface area contributed by atoms with E-state index in [1.165, 1.54) is 11.0 Å². The lowest BCUT2D eigenvalue weighted by atomic mass is 10.1. The highest BCUT2D eigenvalue weighted by Gasteiger charge is 2.32. The largest absolute Gasteiger partial charge is 0.497 e. The van der Waals surface area contributed by atoms with Gasteiger partial charge in [0.05, 0.1) is 19.1 Å². The number of nitrogens with one attached hydrogen (secondary N) is 1. The van der Waals surface area contributed by atoms with Crippen LogP contribution in [0.15, 0.2) is 42.5 Å². The quantitative estimate of drug-likeness (QED) is 0.472. The zero-order valence-electron chi connectivity index (χ0n) is 21.9. The second kappa shape index (κ2) is 12.2. The van der Waals surface area contributed by atoms with Crippen LogP contribution in [0.25, 0.3) is 0 Å². The molecule has 2 aromatic rings. The number of ether oxygens (including phenoxy) is 3. The van der Waals surface area contributed by atoms with Gasteiger partial charge < -0.3 is 24.4 Å². The number of fused-ring (bicyclic) bond motifs is 1. The third-order valence-corrected chi connectivity index (χ3v) is 6.94. The fraction of sp³-hybridized carbons (Fsp3) is 0.462. The minimum Gasteiger partial charge on any atom is -0.497 e. The molecule has 0 fully saturated rings. The highest BCUT2D eigenvalue weighted by molar-refractivity contribution is 7.92. The number of carbonyl (C=O) groups is 2. The van der Waals surface area contributed by atoms with Gasteiger partial charge in [0.2, 0.25) is 21.8 Å². The molecule has 10 nitrogen and oxygen atoms in total. The van der Waals surface area contributed by atoms with Crippen LogP contribution in [0.3, 0.4) is 0 Å². The van der Waals surface area contributed by atoms with Gasteiger partial charge in [0.25, 0.3) is 0 Å². The Morgan fingerprint density at radius 3 is 2.41 bits per heavy atom. The van der Waals surface area contributed by atoms with Gasteiger partial charge in [0.15, 0.2) is 11.5 Å². The van der Waals surface area contributed by atoms with Crippen molar-refractivity contribution in [3.8, 4) is 17.2 Å². The van der Waals surface area contributed by atoms with Crippen molar-refractivity contribution in [3.63, 3.8) is 0 Å². The number of benzene rings is 2.